The number of hydrogen-bond donors (Lipinski definition) is 2. The smallest absolute Gasteiger partial charge is 0.0958 e. The first-order valence-corrected chi connectivity index (χ1v) is 5.82. The van der Waals surface area contributed by atoms with Gasteiger partial charge in [-0.15, -0.1) is 11.8 Å². The highest BCUT2D eigenvalue weighted by Gasteiger charge is 1.96. The van der Waals surface area contributed by atoms with Gasteiger partial charge in [0.05, 0.1) is 35.5 Å². The average Bonchev–Trinajstić information content (AvgIpc) is 2.80. The number of aromatic amines is 1. The fourth-order valence-electron chi connectivity index (χ4n) is 1.18. The van der Waals surface area contributed by atoms with Crippen LogP contribution >= 0.6 is 11.8 Å². The minimum Gasteiger partial charge on any atom is -0.378 e. The molecule has 0 aliphatic heterocycles. The van der Waals surface area contributed by atoms with Crippen LogP contribution in [0.25, 0.3) is 0 Å². The molecule has 0 fully saturated rings. The predicted octanol–water partition coefficient (Wildman–Crippen LogP) is 2.14. The number of aromatic nitrogens is 3. The van der Waals surface area contributed by atoms with Crippen LogP contribution in [-0.4, -0.2) is 21.2 Å². The van der Waals surface area contributed by atoms with Gasteiger partial charge in [-0.3, -0.25) is 0 Å². The van der Waals surface area contributed by atoms with E-state index in [-0.39, 0.29) is 0 Å². The van der Waals surface area contributed by atoms with E-state index in [0.29, 0.717) is 0 Å². The van der Waals surface area contributed by atoms with Gasteiger partial charge in [-0.25, -0.2) is 9.97 Å². The summed E-state index contributed by atoms with van der Waals surface area (Å²) in [5.41, 5.74) is 2.08. The number of imidazole rings is 1. The molecule has 2 heterocycles. The maximum Gasteiger partial charge on any atom is 0.0958 e. The van der Waals surface area contributed by atoms with Crippen molar-refractivity contribution in [2.45, 2.75) is 11.6 Å². The highest BCUT2D eigenvalue weighted by molar-refractivity contribution is 7.98. The molecule has 0 saturated carbocycles. The van der Waals surface area contributed by atoms with E-state index in [0.717, 1.165) is 23.0 Å². The summed E-state index contributed by atoms with van der Waals surface area (Å²) in [6.07, 6.45) is 7.32. The van der Waals surface area contributed by atoms with Gasteiger partial charge < -0.3 is 10.3 Å². The van der Waals surface area contributed by atoms with Gasteiger partial charge in [0, 0.05) is 6.20 Å². The lowest BCUT2D eigenvalue weighted by Gasteiger charge is -2.04. The van der Waals surface area contributed by atoms with E-state index in [2.05, 4.69) is 20.3 Å². The summed E-state index contributed by atoms with van der Waals surface area (Å²) >= 11 is 1.64. The van der Waals surface area contributed by atoms with E-state index in [4.69, 9.17) is 0 Å². The van der Waals surface area contributed by atoms with Crippen LogP contribution in [0.15, 0.2) is 35.9 Å². The van der Waals surface area contributed by atoms with Crippen molar-refractivity contribution in [3.8, 4) is 0 Å². The number of rotatable bonds is 4. The standard InChI is InChI=1S/C10H12N4S/c1-15-10-3-2-8(5-13-10)12-6-9-4-11-7-14-9/h2-5,7,12H,6H2,1H3,(H,11,14). The van der Waals surface area contributed by atoms with Crippen LogP contribution in [0.3, 0.4) is 0 Å². The Morgan fingerprint density at radius 1 is 1.40 bits per heavy atom. The first-order valence-electron chi connectivity index (χ1n) is 4.59. The van der Waals surface area contributed by atoms with Crippen LogP contribution < -0.4 is 5.32 Å². The van der Waals surface area contributed by atoms with Gasteiger partial charge in [0.1, 0.15) is 0 Å². The van der Waals surface area contributed by atoms with Crippen molar-refractivity contribution in [2.75, 3.05) is 11.6 Å². The van der Waals surface area contributed by atoms with Crippen molar-refractivity contribution in [1.29, 1.82) is 0 Å². The maximum absolute atomic E-state index is 4.27. The van der Waals surface area contributed by atoms with Gasteiger partial charge in [-0.1, -0.05) is 0 Å². The lowest BCUT2D eigenvalue weighted by Crippen LogP contribution is -1.99. The topological polar surface area (TPSA) is 53.6 Å². The van der Waals surface area contributed by atoms with Crippen molar-refractivity contribution >= 4 is 17.4 Å². The SMILES string of the molecule is CSc1ccc(NCc2cnc[nH]2)cn1. The zero-order valence-corrected chi connectivity index (χ0v) is 9.21. The van der Waals surface area contributed by atoms with Crippen LogP contribution in [0.4, 0.5) is 5.69 Å². The minimum atomic E-state index is 0.736. The third-order valence-electron chi connectivity index (χ3n) is 1.98. The first kappa shape index (κ1) is 10.0. The number of nitrogens with one attached hydrogen (secondary N) is 2. The van der Waals surface area contributed by atoms with E-state index < -0.39 is 0 Å². The van der Waals surface area contributed by atoms with Crippen molar-refractivity contribution in [3.05, 3.63) is 36.5 Å². The Bertz CT molecular complexity index is 396. The summed E-state index contributed by atoms with van der Waals surface area (Å²) in [6, 6.07) is 4.02. The number of thioether (sulfide) groups is 1. The molecule has 2 aromatic heterocycles. The Morgan fingerprint density at radius 2 is 2.33 bits per heavy atom. The van der Waals surface area contributed by atoms with Gasteiger partial charge in [-0.2, -0.15) is 0 Å². The molecule has 0 aromatic carbocycles. The van der Waals surface area contributed by atoms with Crippen molar-refractivity contribution in [3.63, 3.8) is 0 Å². The number of pyridine rings is 1. The van der Waals surface area contributed by atoms with Gasteiger partial charge in [0.2, 0.25) is 0 Å². The number of anilines is 1. The summed E-state index contributed by atoms with van der Waals surface area (Å²) in [5, 5.41) is 4.29. The molecule has 0 aliphatic carbocycles. The average molecular weight is 220 g/mol. The lowest BCUT2D eigenvalue weighted by atomic mass is 10.4. The molecule has 2 aromatic rings. The molecular weight excluding hydrogens is 208 g/mol. The van der Waals surface area contributed by atoms with E-state index in [1.807, 2.05) is 24.6 Å². The molecule has 0 atom stereocenters. The second kappa shape index (κ2) is 4.84. The molecule has 0 radical (unpaired) electrons. The second-order valence-corrected chi connectivity index (χ2v) is 3.85. The Morgan fingerprint density at radius 3 is 2.93 bits per heavy atom. The van der Waals surface area contributed by atoms with Gasteiger partial charge in [-0.05, 0) is 18.4 Å². The van der Waals surface area contributed by atoms with E-state index in [9.17, 15) is 0 Å². The van der Waals surface area contributed by atoms with Crippen LogP contribution in [0.1, 0.15) is 5.69 Å². The van der Waals surface area contributed by atoms with Crippen molar-refractivity contribution < 1.29 is 0 Å². The Hall–Kier alpha value is -1.49. The molecule has 15 heavy (non-hydrogen) atoms. The summed E-state index contributed by atoms with van der Waals surface area (Å²) in [5.74, 6) is 0. The molecule has 4 nitrogen and oxygen atoms in total. The largest absolute Gasteiger partial charge is 0.378 e. The quantitative estimate of drug-likeness (QED) is 0.775. The lowest BCUT2D eigenvalue weighted by molar-refractivity contribution is 1.05. The molecule has 78 valence electrons. The molecule has 0 amide bonds. The van der Waals surface area contributed by atoms with Crippen LogP contribution in [0.2, 0.25) is 0 Å². The summed E-state index contributed by atoms with van der Waals surface area (Å²) in [6.45, 7) is 0.736. The molecule has 2 rings (SSSR count). The normalized spacial score (nSPS) is 10.2. The molecule has 0 unspecified atom stereocenters. The Kier molecular flexibility index (Phi) is 3.24. The maximum atomic E-state index is 4.27. The molecule has 0 bridgehead atoms. The van der Waals surface area contributed by atoms with Crippen LogP contribution in [0.5, 0.6) is 0 Å². The third kappa shape index (κ3) is 2.73. The van der Waals surface area contributed by atoms with E-state index in [1.54, 1.807) is 24.3 Å². The summed E-state index contributed by atoms with van der Waals surface area (Å²) < 4.78 is 0. The van der Waals surface area contributed by atoms with Gasteiger partial charge in [0.25, 0.3) is 0 Å². The fraction of sp³-hybridized carbons (Fsp3) is 0.200. The van der Waals surface area contributed by atoms with Crippen molar-refractivity contribution in [1.82, 2.24) is 15.0 Å². The zero-order chi connectivity index (χ0) is 10.5. The molecule has 0 aliphatic rings. The molecule has 5 heteroatoms. The molecule has 0 saturated heterocycles. The van der Waals surface area contributed by atoms with E-state index in [1.165, 1.54) is 0 Å². The summed E-state index contributed by atoms with van der Waals surface area (Å²) in [4.78, 5) is 11.3. The van der Waals surface area contributed by atoms with Crippen LogP contribution in [0, 0.1) is 0 Å². The second-order valence-electron chi connectivity index (χ2n) is 3.02. The highest BCUT2D eigenvalue weighted by Crippen LogP contribution is 2.14. The Labute approximate surface area is 92.5 Å². The highest BCUT2D eigenvalue weighted by atomic mass is 32.2. The molecule has 0 spiro atoms. The van der Waals surface area contributed by atoms with Gasteiger partial charge in [0.15, 0.2) is 0 Å². The summed E-state index contributed by atoms with van der Waals surface area (Å²) in [7, 11) is 0. The Balaban J connectivity index is 1.93. The third-order valence-corrected chi connectivity index (χ3v) is 2.64. The number of nitrogens with zero attached hydrogens (tertiary/aromatic N) is 2. The monoisotopic (exact) mass is 220 g/mol. The number of hydrogen-bond acceptors (Lipinski definition) is 4. The predicted molar refractivity (Wildman–Crippen MR) is 61.9 cm³/mol. The first-order chi connectivity index (χ1) is 7.38. The fourth-order valence-corrected chi connectivity index (χ4v) is 1.55. The van der Waals surface area contributed by atoms with Crippen LogP contribution in [-0.2, 0) is 6.54 Å². The number of H-pyrrole nitrogens is 1. The van der Waals surface area contributed by atoms with E-state index >= 15 is 0 Å². The molecule has 2 N–H and O–H groups in total. The molecular formula is C10H12N4S. The van der Waals surface area contributed by atoms with Gasteiger partial charge >= 0.3 is 0 Å². The zero-order valence-electron chi connectivity index (χ0n) is 8.40. The minimum absolute atomic E-state index is 0.736. The van der Waals surface area contributed by atoms with Crippen molar-refractivity contribution in [2.24, 2.45) is 0 Å².